The average molecular weight is 294 g/mol. The Hall–Kier alpha value is -1.71. The fourth-order valence-corrected chi connectivity index (χ4v) is 4.05. The van der Waals surface area contributed by atoms with E-state index in [1.54, 1.807) is 11.3 Å². The molecule has 2 nitrogen and oxygen atoms in total. The Kier molecular flexibility index (Phi) is 3.24. The van der Waals surface area contributed by atoms with Crippen LogP contribution < -0.4 is 5.32 Å². The van der Waals surface area contributed by atoms with Crippen molar-refractivity contribution in [2.24, 2.45) is 0 Å². The second-order valence-corrected chi connectivity index (χ2v) is 6.53. The maximum Gasteiger partial charge on any atom is 0.0945 e. The highest BCUT2D eigenvalue weighted by molar-refractivity contribution is 7.10. The van der Waals surface area contributed by atoms with Gasteiger partial charge >= 0.3 is 0 Å². The Balaban J connectivity index is 1.82. The third-order valence-corrected chi connectivity index (χ3v) is 5.20. The summed E-state index contributed by atoms with van der Waals surface area (Å²) in [6, 6.07) is 11.2. The van der Waals surface area contributed by atoms with Gasteiger partial charge in [-0.05, 0) is 41.8 Å². The van der Waals surface area contributed by atoms with Crippen LogP contribution in [0.25, 0.3) is 22.0 Å². The fraction of sp³-hybridized carbons (Fsp3) is 0.278. The van der Waals surface area contributed by atoms with Crippen molar-refractivity contribution in [1.82, 2.24) is 10.3 Å². The number of nitrogens with zero attached hydrogens (tertiary/aromatic N) is 1. The molecule has 4 rings (SSSR count). The molecule has 0 bridgehead atoms. The minimum atomic E-state index is 0.983. The molecule has 1 aliphatic carbocycles. The van der Waals surface area contributed by atoms with Crippen LogP contribution in [-0.4, -0.2) is 18.6 Å². The Labute approximate surface area is 128 Å². The molecule has 2 aromatic carbocycles. The summed E-state index contributed by atoms with van der Waals surface area (Å²) in [5.41, 5.74) is 5.40. The number of thiazole rings is 1. The van der Waals surface area contributed by atoms with Crippen molar-refractivity contribution in [3.05, 3.63) is 51.8 Å². The predicted octanol–water partition coefficient (Wildman–Crippen LogP) is 3.82. The molecule has 106 valence electrons. The third kappa shape index (κ3) is 2.17. The van der Waals surface area contributed by atoms with Gasteiger partial charge in [-0.3, -0.25) is 0 Å². The molecule has 0 atom stereocenters. The highest BCUT2D eigenvalue weighted by Gasteiger charge is 2.17. The fourth-order valence-electron chi connectivity index (χ4n) is 3.25. The quantitative estimate of drug-likeness (QED) is 0.791. The van der Waals surface area contributed by atoms with Crippen molar-refractivity contribution in [1.29, 1.82) is 0 Å². The molecule has 0 spiro atoms. The molecule has 1 aromatic heterocycles. The molecule has 0 aliphatic heterocycles. The lowest BCUT2D eigenvalue weighted by Gasteiger charge is -2.07. The monoisotopic (exact) mass is 294 g/mol. The smallest absolute Gasteiger partial charge is 0.0945 e. The van der Waals surface area contributed by atoms with Gasteiger partial charge in [-0.1, -0.05) is 30.3 Å². The number of hydrogen-bond acceptors (Lipinski definition) is 3. The van der Waals surface area contributed by atoms with Gasteiger partial charge in [-0.2, -0.15) is 0 Å². The summed E-state index contributed by atoms with van der Waals surface area (Å²) in [6.07, 6.45) is 3.36. The van der Waals surface area contributed by atoms with E-state index in [1.807, 2.05) is 7.05 Å². The van der Waals surface area contributed by atoms with E-state index in [2.05, 4.69) is 41.0 Å². The molecule has 1 N–H and O–H groups in total. The van der Waals surface area contributed by atoms with E-state index in [9.17, 15) is 0 Å². The van der Waals surface area contributed by atoms with Gasteiger partial charge in [0.15, 0.2) is 0 Å². The van der Waals surface area contributed by atoms with Crippen LogP contribution in [0.15, 0.2) is 35.7 Å². The van der Waals surface area contributed by atoms with Gasteiger partial charge in [0.2, 0.25) is 0 Å². The molecule has 0 radical (unpaired) electrons. The highest BCUT2D eigenvalue weighted by atomic mass is 32.1. The Morgan fingerprint density at radius 3 is 2.86 bits per heavy atom. The number of nitrogens with one attached hydrogen (secondary N) is 1. The standard InChI is InChI=1S/C18H18N2S/c1-19-10-9-17-20-16(11-21-17)14-8-7-13-6-5-12-3-2-4-15(14)18(12)13/h2-4,7-8,11,19H,5-6,9-10H2,1H3. The maximum absolute atomic E-state index is 4.83. The number of aromatic nitrogens is 1. The molecule has 0 amide bonds. The van der Waals surface area contributed by atoms with Crippen molar-refractivity contribution in [3.8, 4) is 11.3 Å². The molecule has 0 saturated heterocycles. The molecule has 1 aliphatic rings. The molecule has 0 unspecified atom stereocenters. The minimum absolute atomic E-state index is 0.983. The summed E-state index contributed by atoms with van der Waals surface area (Å²) in [5, 5.41) is 9.43. The minimum Gasteiger partial charge on any atom is -0.319 e. The van der Waals surface area contributed by atoms with Crippen LogP contribution in [-0.2, 0) is 19.3 Å². The van der Waals surface area contributed by atoms with E-state index in [4.69, 9.17) is 4.98 Å². The normalized spacial score (nSPS) is 13.2. The van der Waals surface area contributed by atoms with Gasteiger partial charge in [-0.25, -0.2) is 4.98 Å². The molecule has 3 heteroatoms. The maximum atomic E-state index is 4.83. The van der Waals surface area contributed by atoms with Crippen LogP contribution in [0, 0.1) is 0 Å². The van der Waals surface area contributed by atoms with Crippen LogP contribution in [0.5, 0.6) is 0 Å². The third-order valence-electron chi connectivity index (χ3n) is 4.29. The van der Waals surface area contributed by atoms with E-state index < -0.39 is 0 Å². The van der Waals surface area contributed by atoms with E-state index in [-0.39, 0.29) is 0 Å². The largest absolute Gasteiger partial charge is 0.319 e. The summed E-state index contributed by atoms with van der Waals surface area (Å²) >= 11 is 1.77. The van der Waals surface area contributed by atoms with Gasteiger partial charge in [0.1, 0.15) is 0 Å². The Bertz CT molecular complexity index is 794. The molecular formula is C18H18N2S. The summed E-state index contributed by atoms with van der Waals surface area (Å²) in [4.78, 5) is 4.83. The van der Waals surface area contributed by atoms with Crippen molar-refractivity contribution < 1.29 is 0 Å². The summed E-state index contributed by atoms with van der Waals surface area (Å²) in [5.74, 6) is 0. The number of hydrogen-bond donors (Lipinski definition) is 1. The van der Waals surface area contributed by atoms with Gasteiger partial charge in [-0.15, -0.1) is 11.3 Å². The summed E-state index contributed by atoms with van der Waals surface area (Å²) in [6.45, 7) is 0.983. The van der Waals surface area contributed by atoms with Crippen molar-refractivity contribution in [3.63, 3.8) is 0 Å². The second kappa shape index (κ2) is 5.24. The Morgan fingerprint density at radius 2 is 2.00 bits per heavy atom. The SMILES string of the molecule is CNCCc1nc(-c2ccc3c4c(cccc24)CC3)cs1. The average Bonchev–Trinajstić information content (AvgIpc) is 3.14. The van der Waals surface area contributed by atoms with Gasteiger partial charge in [0.25, 0.3) is 0 Å². The van der Waals surface area contributed by atoms with Gasteiger partial charge in [0.05, 0.1) is 10.7 Å². The number of aryl methyl sites for hydroxylation is 2. The lowest BCUT2D eigenvalue weighted by molar-refractivity contribution is 0.788. The molecule has 0 saturated carbocycles. The van der Waals surface area contributed by atoms with Crippen LogP contribution in [0.3, 0.4) is 0 Å². The summed E-state index contributed by atoms with van der Waals surface area (Å²) < 4.78 is 0. The lowest BCUT2D eigenvalue weighted by Crippen LogP contribution is -2.09. The van der Waals surface area contributed by atoms with Crippen LogP contribution in [0.1, 0.15) is 16.1 Å². The molecule has 0 fully saturated rings. The van der Waals surface area contributed by atoms with Crippen LogP contribution in [0.2, 0.25) is 0 Å². The highest BCUT2D eigenvalue weighted by Crippen LogP contribution is 2.37. The van der Waals surface area contributed by atoms with E-state index in [0.717, 1.165) is 18.7 Å². The predicted molar refractivity (Wildman–Crippen MR) is 90.1 cm³/mol. The molecule has 1 heterocycles. The number of likely N-dealkylation sites (N-methyl/N-ethyl adjacent to an activating group) is 1. The lowest BCUT2D eigenvalue weighted by atomic mass is 9.98. The van der Waals surface area contributed by atoms with E-state index >= 15 is 0 Å². The second-order valence-electron chi connectivity index (χ2n) is 5.59. The van der Waals surface area contributed by atoms with Gasteiger partial charge in [0, 0.05) is 23.9 Å². The van der Waals surface area contributed by atoms with E-state index in [1.165, 1.54) is 45.3 Å². The molecular weight excluding hydrogens is 276 g/mol. The summed E-state index contributed by atoms with van der Waals surface area (Å²) in [7, 11) is 1.98. The number of rotatable bonds is 4. The first-order chi connectivity index (χ1) is 10.4. The zero-order valence-corrected chi connectivity index (χ0v) is 13.0. The zero-order valence-electron chi connectivity index (χ0n) is 12.1. The van der Waals surface area contributed by atoms with Crippen LogP contribution in [0.4, 0.5) is 0 Å². The Morgan fingerprint density at radius 1 is 1.14 bits per heavy atom. The first kappa shape index (κ1) is 13.0. The molecule has 3 aromatic rings. The first-order valence-electron chi connectivity index (χ1n) is 7.49. The molecule has 21 heavy (non-hydrogen) atoms. The van der Waals surface area contributed by atoms with Crippen molar-refractivity contribution >= 4 is 22.1 Å². The van der Waals surface area contributed by atoms with Crippen molar-refractivity contribution in [2.75, 3.05) is 13.6 Å². The zero-order chi connectivity index (χ0) is 14.2. The van der Waals surface area contributed by atoms with Gasteiger partial charge < -0.3 is 5.32 Å². The first-order valence-corrected chi connectivity index (χ1v) is 8.37. The van der Waals surface area contributed by atoms with Crippen molar-refractivity contribution in [2.45, 2.75) is 19.3 Å². The van der Waals surface area contributed by atoms with E-state index in [0.29, 0.717) is 0 Å². The van der Waals surface area contributed by atoms with Crippen LogP contribution >= 0.6 is 11.3 Å². The number of benzene rings is 2. The topological polar surface area (TPSA) is 24.9 Å².